The number of rotatable bonds is 6. The Hall–Kier alpha value is -2.81. The van der Waals surface area contributed by atoms with Gasteiger partial charge in [-0.2, -0.15) is 0 Å². The molecule has 2 unspecified atom stereocenters. The molecular formula is C23H26NO2+. The fraction of sp³-hybridized carbons (Fsp3) is 0.261. The Morgan fingerprint density at radius 1 is 1.15 bits per heavy atom. The molecule has 134 valence electrons. The van der Waals surface area contributed by atoms with E-state index in [1.54, 1.807) is 7.11 Å². The van der Waals surface area contributed by atoms with E-state index in [-0.39, 0.29) is 12.0 Å². The molecule has 0 amide bonds. The molecule has 3 nitrogen and oxygen atoms in total. The summed E-state index contributed by atoms with van der Waals surface area (Å²) in [5.41, 5.74) is 3.54. The Morgan fingerprint density at radius 3 is 2.50 bits per heavy atom. The second-order valence-electron chi connectivity index (χ2n) is 6.62. The van der Waals surface area contributed by atoms with Gasteiger partial charge in [0.2, 0.25) is 0 Å². The number of hydrogen-bond acceptors (Lipinski definition) is 2. The summed E-state index contributed by atoms with van der Waals surface area (Å²) >= 11 is 0. The normalized spacial score (nSPS) is 17.3. The highest BCUT2D eigenvalue weighted by Gasteiger charge is 2.33. The number of fused-ring (bicyclic) bond motifs is 1. The Morgan fingerprint density at radius 2 is 1.85 bits per heavy atom. The van der Waals surface area contributed by atoms with Gasteiger partial charge in [0.05, 0.1) is 18.4 Å². The highest BCUT2D eigenvalue weighted by Crippen LogP contribution is 2.34. The van der Waals surface area contributed by atoms with E-state index >= 15 is 0 Å². The van der Waals surface area contributed by atoms with E-state index in [9.17, 15) is 0 Å². The van der Waals surface area contributed by atoms with Crippen molar-refractivity contribution >= 4 is 5.90 Å². The maximum absolute atomic E-state index is 6.21. The van der Waals surface area contributed by atoms with Gasteiger partial charge < -0.3 is 9.47 Å². The molecule has 3 rings (SSSR count). The summed E-state index contributed by atoms with van der Waals surface area (Å²) in [5.74, 6) is 2.00. The molecular weight excluding hydrogens is 322 g/mol. The van der Waals surface area contributed by atoms with Crippen LogP contribution in [-0.2, 0) is 9.47 Å². The second kappa shape index (κ2) is 8.05. The van der Waals surface area contributed by atoms with Crippen LogP contribution in [0.2, 0.25) is 0 Å². The van der Waals surface area contributed by atoms with Crippen molar-refractivity contribution < 1.29 is 14.0 Å². The summed E-state index contributed by atoms with van der Waals surface area (Å²) in [7, 11) is 5.71. The SMILES string of the molecule is C=CC(C/C(=C\C1OC(=[N+](C)C)c2ccccc21)OC)c1ccccc1. The smallest absolute Gasteiger partial charge is 0.370 e. The molecule has 1 aliphatic rings. The van der Waals surface area contributed by atoms with Gasteiger partial charge in [0, 0.05) is 17.9 Å². The highest BCUT2D eigenvalue weighted by atomic mass is 16.5. The van der Waals surface area contributed by atoms with Crippen LogP contribution < -0.4 is 0 Å². The van der Waals surface area contributed by atoms with E-state index in [0.29, 0.717) is 0 Å². The molecule has 0 saturated carbocycles. The van der Waals surface area contributed by atoms with E-state index in [2.05, 4.69) is 49.1 Å². The number of benzene rings is 2. The summed E-state index contributed by atoms with van der Waals surface area (Å²) in [4.78, 5) is 0. The minimum absolute atomic E-state index is 0.139. The van der Waals surface area contributed by atoms with Gasteiger partial charge in [-0.05, 0) is 17.7 Å². The zero-order valence-electron chi connectivity index (χ0n) is 15.7. The summed E-state index contributed by atoms with van der Waals surface area (Å²) in [6.45, 7) is 4.00. The van der Waals surface area contributed by atoms with Gasteiger partial charge in [-0.25, -0.2) is 4.58 Å². The maximum atomic E-state index is 6.21. The van der Waals surface area contributed by atoms with Crippen molar-refractivity contribution in [2.24, 2.45) is 0 Å². The molecule has 3 heteroatoms. The van der Waals surface area contributed by atoms with E-state index in [0.717, 1.165) is 23.6 Å². The molecule has 1 heterocycles. The third-order valence-corrected chi connectivity index (χ3v) is 4.68. The summed E-state index contributed by atoms with van der Waals surface area (Å²) in [6.07, 6.45) is 4.67. The van der Waals surface area contributed by atoms with Crippen LogP contribution in [0.1, 0.15) is 35.1 Å². The second-order valence-corrected chi connectivity index (χ2v) is 6.62. The summed E-state index contributed by atoms with van der Waals surface area (Å²) in [6, 6.07) is 18.7. The molecule has 0 aromatic heterocycles. The predicted octanol–water partition coefficient (Wildman–Crippen LogP) is 4.67. The van der Waals surface area contributed by atoms with Crippen LogP contribution in [0, 0.1) is 0 Å². The van der Waals surface area contributed by atoms with Crippen LogP contribution >= 0.6 is 0 Å². The number of ether oxygens (including phenoxy) is 2. The Labute approximate surface area is 155 Å². The van der Waals surface area contributed by atoms with Gasteiger partial charge in [-0.15, -0.1) is 6.58 Å². The molecule has 2 aromatic carbocycles. The Bertz CT molecular complexity index is 832. The van der Waals surface area contributed by atoms with Gasteiger partial charge in [-0.1, -0.05) is 54.6 Å². The molecule has 0 spiro atoms. The lowest BCUT2D eigenvalue weighted by atomic mass is 9.94. The minimum atomic E-state index is -0.139. The zero-order chi connectivity index (χ0) is 18.5. The van der Waals surface area contributed by atoms with Crippen LogP contribution in [0.3, 0.4) is 0 Å². The van der Waals surface area contributed by atoms with Gasteiger partial charge in [0.1, 0.15) is 14.1 Å². The monoisotopic (exact) mass is 348 g/mol. The molecule has 1 aliphatic heterocycles. The van der Waals surface area contributed by atoms with Crippen molar-refractivity contribution in [2.45, 2.75) is 18.4 Å². The van der Waals surface area contributed by atoms with Gasteiger partial charge in [0.15, 0.2) is 6.10 Å². The first kappa shape index (κ1) is 18.0. The topological polar surface area (TPSA) is 21.5 Å². The fourth-order valence-electron chi connectivity index (χ4n) is 3.30. The van der Waals surface area contributed by atoms with Crippen molar-refractivity contribution in [1.29, 1.82) is 0 Å². The Balaban J connectivity index is 1.88. The number of allylic oxidation sites excluding steroid dienone is 2. The third kappa shape index (κ3) is 3.72. The molecule has 0 fully saturated rings. The largest absolute Gasteiger partial charge is 0.501 e. The summed E-state index contributed by atoms with van der Waals surface area (Å²) in [5, 5.41) is 0. The molecule has 0 radical (unpaired) electrons. The van der Waals surface area contributed by atoms with Crippen molar-refractivity contribution in [3.8, 4) is 0 Å². The van der Waals surface area contributed by atoms with Crippen molar-refractivity contribution in [3.63, 3.8) is 0 Å². The highest BCUT2D eigenvalue weighted by molar-refractivity contribution is 5.95. The van der Waals surface area contributed by atoms with Crippen LogP contribution in [0.5, 0.6) is 0 Å². The van der Waals surface area contributed by atoms with Crippen molar-refractivity contribution in [2.75, 3.05) is 21.2 Å². The molecule has 0 N–H and O–H groups in total. The van der Waals surface area contributed by atoms with E-state index in [1.807, 2.05) is 42.9 Å². The molecule has 0 saturated heterocycles. The predicted molar refractivity (Wildman–Crippen MR) is 106 cm³/mol. The number of hydrogen-bond donors (Lipinski definition) is 0. The third-order valence-electron chi connectivity index (χ3n) is 4.68. The Kier molecular flexibility index (Phi) is 5.57. The van der Waals surface area contributed by atoms with Crippen molar-refractivity contribution in [3.05, 3.63) is 95.8 Å². The number of nitrogens with zero attached hydrogens (tertiary/aromatic N) is 1. The lowest BCUT2D eigenvalue weighted by Gasteiger charge is -2.16. The van der Waals surface area contributed by atoms with E-state index in [4.69, 9.17) is 9.47 Å². The van der Waals surface area contributed by atoms with Crippen LogP contribution in [0.25, 0.3) is 0 Å². The molecule has 0 bridgehead atoms. The van der Waals surface area contributed by atoms with E-state index < -0.39 is 0 Å². The molecule has 26 heavy (non-hydrogen) atoms. The quantitative estimate of drug-likeness (QED) is 0.430. The zero-order valence-corrected chi connectivity index (χ0v) is 15.7. The lowest BCUT2D eigenvalue weighted by molar-refractivity contribution is -0.473. The standard InChI is InChI=1S/C23H26NO2/c1-5-17(18-11-7-6-8-12-18)15-19(25-4)16-22-20-13-9-10-14-21(20)23(26-22)24(2)3/h5-14,16-17,22H,1,15H2,2-4H3/q+1/b19-16+. The number of methoxy groups -OCH3 is 1. The first-order chi connectivity index (χ1) is 12.6. The van der Waals surface area contributed by atoms with E-state index in [1.165, 1.54) is 11.1 Å². The molecule has 2 atom stereocenters. The summed E-state index contributed by atoms with van der Waals surface area (Å²) < 4.78 is 13.9. The average molecular weight is 348 g/mol. The lowest BCUT2D eigenvalue weighted by Crippen LogP contribution is -2.13. The first-order valence-corrected chi connectivity index (χ1v) is 8.86. The van der Waals surface area contributed by atoms with Crippen LogP contribution in [0.4, 0.5) is 0 Å². The van der Waals surface area contributed by atoms with Gasteiger partial charge in [-0.3, -0.25) is 0 Å². The van der Waals surface area contributed by atoms with Crippen LogP contribution in [-0.4, -0.2) is 31.7 Å². The van der Waals surface area contributed by atoms with Gasteiger partial charge in [0.25, 0.3) is 0 Å². The molecule has 2 aromatic rings. The molecule has 0 aliphatic carbocycles. The van der Waals surface area contributed by atoms with Crippen LogP contribution in [0.15, 0.2) is 79.1 Å². The van der Waals surface area contributed by atoms with Gasteiger partial charge >= 0.3 is 5.90 Å². The minimum Gasteiger partial charge on any atom is -0.501 e. The average Bonchev–Trinajstić information content (AvgIpc) is 3.04. The maximum Gasteiger partial charge on any atom is 0.370 e. The van der Waals surface area contributed by atoms with Crippen molar-refractivity contribution in [1.82, 2.24) is 0 Å². The fourth-order valence-corrected chi connectivity index (χ4v) is 3.30. The first-order valence-electron chi connectivity index (χ1n) is 8.86.